The summed E-state index contributed by atoms with van der Waals surface area (Å²) in [6, 6.07) is 6.52. The van der Waals surface area contributed by atoms with E-state index in [9.17, 15) is 18.8 Å². The molecule has 2 aromatic rings. The van der Waals surface area contributed by atoms with Crippen LogP contribution < -0.4 is 16.4 Å². The molecule has 1 saturated heterocycles. The summed E-state index contributed by atoms with van der Waals surface area (Å²) in [7, 11) is 0. The zero-order valence-corrected chi connectivity index (χ0v) is 19.4. The molecule has 0 unspecified atom stereocenters. The number of primary amides is 1. The molecule has 0 bridgehead atoms. The van der Waals surface area contributed by atoms with E-state index in [0.717, 1.165) is 37.0 Å². The molecule has 1 fully saturated rings. The molecule has 1 aliphatic heterocycles. The lowest BCUT2D eigenvalue weighted by Gasteiger charge is -2.24. The molecule has 4 N–H and O–H groups in total. The molecule has 10 heteroatoms. The third kappa shape index (κ3) is 6.92. The molecule has 4 amide bonds. The summed E-state index contributed by atoms with van der Waals surface area (Å²) in [5.41, 5.74) is 6.12. The van der Waals surface area contributed by atoms with Crippen molar-refractivity contribution in [2.45, 2.75) is 45.1 Å². The van der Waals surface area contributed by atoms with E-state index in [-0.39, 0.29) is 22.7 Å². The SMILES string of the molecule is CCCCOC(=O)N1CCCC[C@@H](NC(=O)c2sc(-c3cccc(F)c3)cc2NC(N)=O)C1. The highest BCUT2D eigenvalue weighted by atomic mass is 32.1. The molecule has 33 heavy (non-hydrogen) atoms. The number of urea groups is 1. The lowest BCUT2D eigenvalue weighted by Crippen LogP contribution is -2.44. The number of thiophene rings is 1. The zero-order valence-electron chi connectivity index (χ0n) is 18.6. The van der Waals surface area contributed by atoms with Gasteiger partial charge in [-0.2, -0.15) is 0 Å². The molecule has 8 nitrogen and oxygen atoms in total. The van der Waals surface area contributed by atoms with Crippen LogP contribution in [0.15, 0.2) is 30.3 Å². The average molecular weight is 477 g/mol. The number of carbonyl (C=O) groups excluding carboxylic acids is 3. The van der Waals surface area contributed by atoms with Crippen LogP contribution in [0.25, 0.3) is 10.4 Å². The number of ether oxygens (including phenoxy) is 1. The fourth-order valence-electron chi connectivity index (χ4n) is 3.64. The molecular weight excluding hydrogens is 447 g/mol. The van der Waals surface area contributed by atoms with Crippen LogP contribution in [0, 0.1) is 5.82 Å². The van der Waals surface area contributed by atoms with Crippen molar-refractivity contribution < 1.29 is 23.5 Å². The van der Waals surface area contributed by atoms with Crippen LogP contribution in [0.1, 0.15) is 48.7 Å². The summed E-state index contributed by atoms with van der Waals surface area (Å²) < 4.78 is 19.0. The number of anilines is 1. The van der Waals surface area contributed by atoms with Gasteiger partial charge in [0, 0.05) is 24.0 Å². The second-order valence-corrected chi connectivity index (χ2v) is 8.99. The van der Waals surface area contributed by atoms with Crippen LogP contribution in [0.4, 0.5) is 19.7 Å². The van der Waals surface area contributed by atoms with Gasteiger partial charge in [-0.15, -0.1) is 11.3 Å². The lowest BCUT2D eigenvalue weighted by atomic mass is 10.1. The van der Waals surface area contributed by atoms with Crippen molar-refractivity contribution in [3.8, 4) is 10.4 Å². The van der Waals surface area contributed by atoms with Crippen LogP contribution >= 0.6 is 11.3 Å². The molecule has 2 heterocycles. The minimum Gasteiger partial charge on any atom is -0.449 e. The van der Waals surface area contributed by atoms with Gasteiger partial charge in [0.05, 0.1) is 12.3 Å². The smallest absolute Gasteiger partial charge is 0.409 e. The molecule has 1 aliphatic rings. The minimum atomic E-state index is -0.803. The third-order valence-electron chi connectivity index (χ3n) is 5.29. The molecule has 3 rings (SSSR count). The van der Waals surface area contributed by atoms with Crippen LogP contribution in [0.3, 0.4) is 0 Å². The number of nitrogens with two attached hydrogens (primary N) is 1. The van der Waals surface area contributed by atoms with Crippen molar-refractivity contribution in [1.29, 1.82) is 0 Å². The molecular formula is C23H29FN4O4S. The van der Waals surface area contributed by atoms with E-state index < -0.39 is 17.8 Å². The van der Waals surface area contributed by atoms with Gasteiger partial charge in [-0.25, -0.2) is 14.0 Å². The second-order valence-electron chi connectivity index (χ2n) is 7.93. The molecule has 178 valence electrons. The number of benzene rings is 1. The molecule has 1 aromatic carbocycles. The third-order valence-corrected chi connectivity index (χ3v) is 6.48. The minimum absolute atomic E-state index is 0.258. The van der Waals surface area contributed by atoms with Gasteiger partial charge < -0.3 is 26.0 Å². The number of hydrogen-bond acceptors (Lipinski definition) is 5. The van der Waals surface area contributed by atoms with Gasteiger partial charge in [-0.3, -0.25) is 4.79 Å². The van der Waals surface area contributed by atoms with Gasteiger partial charge in [0.2, 0.25) is 0 Å². The first-order valence-electron chi connectivity index (χ1n) is 11.1. The van der Waals surface area contributed by atoms with E-state index in [4.69, 9.17) is 10.5 Å². The Morgan fingerprint density at radius 3 is 2.82 bits per heavy atom. The molecule has 1 atom stereocenters. The van der Waals surface area contributed by atoms with E-state index in [0.29, 0.717) is 36.6 Å². The monoisotopic (exact) mass is 476 g/mol. The first-order valence-corrected chi connectivity index (χ1v) is 11.9. The van der Waals surface area contributed by atoms with Crippen molar-refractivity contribution in [3.63, 3.8) is 0 Å². The molecule has 1 aromatic heterocycles. The summed E-state index contributed by atoms with van der Waals surface area (Å²) in [4.78, 5) is 39.5. The Labute approximate surface area is 196 Å². The predicted octanol–water partition coefficient (Wildman–Crippen LogP) is 4.57. The maximum Gasteiger partial charge on any atom is 0.409 e. The van der Waals surface area contributed by atoms with E-state index >= 15 is 0 Å². The first-order chi connectivity index (χ1) is 15.9. The summed E-state index contributed by atoms with van der Waals surface area (Å²) in [5.74, 6) is -0.793. The van der Waals surface area contributed by atoms with E-state index in [1.807, 2.05) is 6.92 Å². The first kappa shape index (κ1) is 24.5. The van der Waals surface area contributed by atoms with Crippen LogP contribution in [-0.2, 0) is 4.74 Å². The van der Waals surface area contributed by atoms with Gasteiger partial charge >= 0.3 is 12.1 Å². The fraction of sp³-hybridized carbons (Fsp3) is 0.435. The Morgan fingerprint density at radius 2 is 2.09 bits per heavy atom. The van der Waals surface area contributed by atoms with Crippen LogP contribution in [0.5, 0.6) is 0 Å². The standard InChI is InChI=1S/C23H29FN4O4S/c1-2-3-11-32-23(31)28-10-5-4-9-17(14-28)26-21(29)20-18(27-22(25)30)13-19(33-20)15-7-6-8-16(24)12-15/h6-8,12-13,17H,2-5,9-11,14H2,1H3,(H,26,29)(H3,25,27,30)/t17-/m1/s1. The lowest BCUT2D eigenvalue weighted by molar-refractivity contribution is 0.0886. The van der Waals surface area contributed by atoms with E-state index in [2.05, 4.69) is 10.6 Å². The van der Waals surface area contributed by atoms with E-state index in [1.54, 1.807) is 23.1 Å². The van der Waals surface area contributed by atoms with Gasteiger partial charge in [0.15, 0.2) is 0 Å². The largest absolute Gasteiger partial charge is 0.449 e. The summed E-state index contributed by atoms with van der Waals surface area (Å²) in [6.07, 6.45) is 3.77. The summed E-state index contributed by atoms with van der Waals surface area (Å²) >= 11 is 1.13. The number of likely N-dealkylation sites (tertiary alicyclic amines) is 1. The maximum absolute atomic E-state index is 13.7. The molecule has 0 saturated carbocycles. The van der Waals surface area contributed by atoms with Gasteiger partial charge in [-0.1, -0.05) is 25.5 Å². The number of nitrogens with one attached hydrogen (secondary N) is 2. The fourth-order valence-corrected chi connectivity index (χ4v) is 4.65. The highest BCUT2D eigenvalue weighted by Crippen LogP contribution is 2.35. The Kier molecular flexibility index (Phi) is 8.65. The Hall–Kier alpha value is -3.14. The zero-order chi connectivity index (χ0) is 23.8. The quantitative estimate of drug-likeness (QED) is 0.508. The molecule has 0 spiro atoms. The molecule has 0 aliphatic carbocycles. The highest BCUT2D eigenvalue weighted by molar-refractivity contribution is 7.18. The van der Waals surface area contributed by atoms with Crippen molar-refractivity contribution in [2.75, 3.05) is 25.0 Å². The Morgan fingerprint density at radius 1 is 1.27 bits per heavy atom. The number of rotatable bonds is 7. The number of halogens is 1. The van der Waals surface area contributed by atoms with Crippen LogP contribution in [0.2, 0.25) is 0 Å². The average Bonchev–Trinajstić information content (AvgIpc) is 3.04. The topological polar surface area (TPSA) is 114 Å². The van der Waals surface area contributed by atoms with Gasteiger partial charge in [0.25, 0.3) is 5.91 Å². The normalized spacial score (nSPS) is 16.1. The number of nitrogens with zero attached hydrogens (tertiary/aromatic N) is 1. The predicted molar refractivity (Wildman–Crippen MR) is 126 cm³/mol. The summed E-state index contributed by atoms with van der Waals surface area (Å²) in [5, 5.41) is 5.45. The molecule has 0 radical (unpaired) electrons. The van der Waals surface area contributed by atoms with Gasteiger partial charge in [0.1, 0.15) is 10.7 Å². The van der Waals surface area contributed by atoms with Gasteiger partial charge in [-0.05, 0) is 49.4 Å². The van der Waals surface area contributed by atoms with Crippen molar-refractivity contribution >= 4 is 35.1 Å². The van der Waals surface area contributed by atoms with Crippen LogP contribution in [-0.4, -0.2) is 48.7 Å². The number of amides is 4. The van der Waals surface area contributed by atoms with Crippen molar-refractivity contribution in [1.82, 2.24) is 10.2 Å². The van der Waals surface area contributed by atoms with E-state index in [1.165, 1.54) is 12.1 Å². The Balaban J connectivity index is 1.75. The van der Waals surface area contributed by atoms with Crippen molar-refractivity contribution in [2.24, 2.45) is 5.73 Å². The maximum atomic E-state index is 13.7. The summed E-state index contributed by atoms with van der Waals surface area (Å²) in [6.45, 7) is 3.33. The Bertz CT molecular complexity index is 997. The highest BCUT2D eigenvalue weighted by Gasteiger charge is 2.26. The second kappa shape index (κ2) is 11.6. The number of unbranched alkanes of at least 4 members (excludes halogenated alkanes) is 1. The number of hydrogen-bond donors (Lipinski definition) is 3. The number of carbonyl (C=O) groups is 3. The van der Waals surface area contributed by atoms with Crippen molar-refractivity contribution in [3.05, 3.63) is 41.0 Å².